The Morgan fingerprint density at radius 3 is 2.57 bits per heavy atom. The molecule has 0 spiro atoms. The summed E-state index contributed by atoms with van der Waals surface area (Å²) < 4.78 is 5.19. The van der Waals surface area contributed by atoms with Gasteiger partial charge in [0.1, 0.15) is 5.76 Å². The summed E-state index contributed by atoms with van der Waals surface area (Å²) in [5.74, 6) is 1.42. The highest BCUT2D eigenvalue weighted by Crippen LogP contribution is 2.40. The van der Waals surface area contributed by atoms with Gasteiger partial charge in [-0.15, -0.1) is 0 Å². The monoisotopic (exact) mass is 196 g/mol. The van der Waals surface area contributed by atoms with E-state index >= 15 is 0 Å². The van der Waals surface area contributed by atoms with Crippen molar-refractivity contribution >= 4 is 5.78 Å². The lowest BCUT2D eigenvalue weighted by Crippen LogP contribution is -1.85. The number of rotatable bonds is 6. The fraction of sp³-hybridized carbons (Fsp3) is 0.750. The molecule has 0 bridgehead atoms. The molecule has 1 fully saturated rings. The van der Waals surface area contributed by atoms with Crippen LogP contribution in [0.15, 0.2) is 11.3 Å². The van der Waals surface area contributed by atoms with E-state index in [4.69, 9.17) is 4.74 Å². The molecule has 1 rings (SSSR count). The molecule has 1 aliphatic rings. The smallest absolute Gasteiger partial charge is 0.170 e. The Bertz CT molecular complexity index is 235. The maximum atomic E-state index is 11.4. The van der Waals surface area contributed by atoms with Gasteiger partial charge in [-0.1, -0.05) is 33.1 Å². The molecular formula is C12H20O2. The predicted octanol–water partition coefficient (Wildman–Crippen LogP) is 3.08. The molecule has 2 nitrogen and oxygen atoms in total. The van der Waals surface area contributed by atoms with Crippen molar-refractivity contribution in [2.24, 2.45) is 5.92 Å². The number of ketones is 1. The van der Waals surface area contributed by atoms with Crippen LogP contribution in [-0.2, 0) is 9.53 Å². The van der Waals surface area contributed by atoms with Gasteiger partial charge in [-0.2, -0.15) is 0 Å². The fourth-order valence-electron chi connectivity index (χ4n) is 1.90. The van der Waals surface area contributed by atoms with Gasteiger partial charge in [-0.3, -0.25) is 4.79 Å². The molecule has 0 aliphatic heterocycles. The van der Waals surface area contributed by atoms with Crippen LogP contribution in [0.1, 0.15) is 46.0 Å². The van der Waals surface area contributed by atoms with E-state index in [9.17, 15) is 4.79 Å². The van der Waals surface area contributed by atoms with E-state index in [2.05, 4.69) is 6.92 Å². The first kappa shape index (κ1) is 11.3. The molecule has 80 valence electrons. The van der Waals surface area contributed by atoms with Crippen LogP contribution in [0.5, 0.6) is 0 Å². The average molecular weight is 196 g/mol. The second-order valence-electron chi connectivity index (χ2n) is 3.81. The zero-order chi connectivity index (χ0) is 10.6. The first-order chi connectivity index (χ1) is 6.76. The second-order valence-corrected chi connectivity index (χ2v) is 3.81. The van der Waals surface area contributed by atoms with Crippen LogP contribution in [0.3, 0.4) is 0 Å². The number of allylic oxidation sites excluding steroid dienone is 2. The van der Waals surface area contributed by atoms with E-state index in [1.807, 2.05) is 6.92 Å². The molecule has 0 aromatic heterocycles. The van der Waals surface area contributed by atoms with Gasteiger partial charge in [0.2, 0.25) is 0 Å². The van der Waals surface area contributed by atoms with E-state index in [1.54, 1.807) is 7.11 Å². The quantitative estimate of drug-likeness (QED) is 0.371. The highest BCUT2D eigenvalue weighted by molar-refractivity contribution is 6.16. The third-order valence-corrected chi connectivity index (χ3v) is 2.81. The van der Waals surface area contributed by atoms with Crippen LogP contribution in [0.25, 0.3) is 0 Å². The van der Waals surface area contributed by atoms with Gasteiger partial charge in [0, 0.05) is 12.0 Å². The van der Waals surface area contributed by atoms with Crippen LogP contribution in [-0.4, -0.2) is 12.9 Å². The van der Waals surface area contributed by atoms with Gasteiger partial charge in [-0.25, -0.2) is 0 Å². The number of hydrogen-bond donors (Lipinski definition) is 0. The van der Waals surface area contributed by atoms with E-state index in [-0.39, 0.29) is 5.92 Å². The Kier molecular flexibility index (Phi) is 4.18. The predicted molar refractivity (Wildman–Crippen MR) is 57.0 cm³/mol. The molecule has 1 aliphatic carbocycles. The van der Waals surface area contributed by atoms with Crippen molar-refractivity contribution in [2.75, 3.05) is 7.11 Å². The van der Waals surface area contributed by atoms with Gasteiger partial charge in [0.25, 0.3) is 0 Å². The van der Waals surface area contributed by atoms with Gasteiger partial charge in [0.15, 0.2) is 5.78 Å². The van der Waals surface area contributed by atoms with Crippen molar-refractivity contribution in [3.8, 4) is 0 Å². The summed E-state index contributed by atoms with van der Waals surface area (Å²) in [6.45, 7) is 4.21. The minimum Gasteiger partial charge on any atom is -0.501 e. The molecule has 2 heteroatoms. The van der Waals surface area contributed by atoms with Gasteiger partial charge < -0.3 is 4.74 Å². The Hall–Kier alpha value is -0.790. The van der Waals surface area contributed by atoms with Crippen molar-refractivity contribution in [3.05, 3.63) is 11.3 Å². The molecule has 0 saturated heterocycles. The second kappa shape index (κ2) is 5.18. The van der Waals surface area contributed by atoms with Crippen molar-refractivity contribution in [1.82, 2.24) is 0 Å². The minimum atomic E-state index is 0.205. The molecule has 1 unspecified atom stereocenters. The highest BCUT2D eigenvalue weighted by atomic mass is 16.5. The van der Waals surface area contributed by atoms with Gasteiger partial charge >= 0.3 is 0 Å². The van der Waals surface area contributed by atoms with Crippen molar-refractivity contribution in [2.45, 2.75) is 46.0 Å². The fourth-order valence-corrected chi connectivity index (χ4v) is 1.90. The summed E-state index contributed by atoms with van der Waals surface area (Å²) in [6, 6.07) is 0. The van der Waals surface area contributed by atoms with Gasteiger partial charge in [-0.05, 0) is 6.42 Å². The number of unbranched alkanes of at least 4 members (excludes halogenated alkanes) is 2. The first-order valence-electron chi connectivity index (χ1n) is 5.57. The summed E-state index contributed by atoms with van der Waals surface area (Å²) in [6.07, 6.45) is 5.46. The lowest BCUT2D eigenvalue weighted by atomic mass is 10.1. The number of carbonyl (C=O) groups excluding carboxylic acids is 1. The Labute approximate surface area is 86.3 Å². The summed E-state index contributed by atoms with van der Waals surface area (Å²) in [5.41, 5.74) is 0.964. The minimum absolute atomic E-state index is 0.205. The van der Waals surface area contributed by atoms with Crippen LogP contribution in [0.4, 0.5) is 0 Å². The average Bonchev–Trinajstić information content (AvgIpc) is 2.81. The normalized spacial score (nSPS) is 23.6. The number of ether oxygens (including phenoxy) is 1. The maximum Gasteiger partial charge on any atom is 0.170 e. The highest BCUT2D eigenvalue weighted by Gasteiger charge is 2.44. The zero-order valence-electron chi connectivity index (χ0n) is 9.43. The van der Waals surface area contributed by atoms with Crippen LogP contribution >= 0.6 is 0 Å². The Morgan fingerprint density at radius 2 is 2.07 bits per heavy atom. The molecule has 1 saturated carbocycles. The van der Waals surface area contributed by atoms with Crippen molar-refractivity contribution in [3.63, 3.8) is 0 Å². The molecule has 0 amide bonds. The van der Waals surface area contributed by atoms with Gasteiger partial charge in [0.05, 0.1) is 13.0 Å². The number of carbonyl (C=O) groups is 1. The standard InChI is InChI=1S/C12H20O2/c1-4-6-7-8-9-11(12(9)13)10(5-2)14-3/h9H,4-8H2,1-3H3. The number of Topliss-reactive ketones (excluding diaryl/α,β-unsaturated/α-hetero) is 1. The van der Waals surface area contributed by atoms with E-state index in [0.717, 1.165) is 30.6 Å². The summed E-state index contributed by atoms with van der Waals surface area (Å²) in [7, 11) is 1.65. The number of hydrogen-bond acceptors (Lipinski definition) is 2. The van der Waals surface area contributed by atoms with E-state index in [1.165, 1.54) is 12.8 Å². The van der Waals surface area contributed by atoms with Crippen molar-refractivity contribution < 1.29 is 9.53 Å². The molecule has 0 aromatic rings. The molecular weight excluding hydrogens is 176 g/mol. The molecule has 0 radical (unpaired) electrons. The van der Waals surface area contributed by atoms with E-state index in [0.29, 0.717) is 5.78 Å². The van der Waals surface area contributed by atoms with Crippen LogP contribution < -0.4 is 0 Å². The molecule has 1 atom stereocenters. The SMILES string of the molecule is CCCCCC1C(=O)C1=C(CC)OC. The molecule has 0 aromatic carbocycles. The lowest BCUT2D eigenvalue weighted by molar-refractivity contribution is -0.110. The summed E-state index contributed by atoms with van der Waals surface area (Å²) in [4.78, 5) is 11.4. The first-order valence-corrected chi connectivity index (χ1v) is 5.57. The molecule has 14 heavy (non-hydrogen) atoms. The third kappa shape index (κ3) is 2.37. The zero-order valence-corrected chi connectivity index (χ0v) is 9.43. The Balaban J connectivity index is 2.44. The van der Waals surface area contributed by atoms with Crippen molar-refractivity contribution in [1.29, 1.82) is 0 Å². The largest absolute Gasteiger partial charge is 0.501 e. The third-order valence-electron chi connectivity index (χ3n) is 2.81. The van der Waals surface area contributed by atoms with E-state index < -0.39 is 0 Å². The lowest BCUT2D eigenvalue weighted by Gasteiger charge is -2.00. The maximum absolute atomic E-state index is 11.4. The van der Waals surface area contributed by atoms with Crippen LogP contribution in [0.2, 0.25) is 0 Å². The molecule has 0 N–H and O–H groups in total. The summed E-state index contributed by atoms with van der Waals surface area (Å²) in [5, 5.41) is 0. The number of methoxy groups -OCH3 is 1. The topological polar surface area (TPSA) is 26.3 Å². The summed E-state index contributed by atoms with van der Waals surface area (Å²) >= 11 is 0. The molecule has 0 heterocycles. The Morgan fingerprint density at radius 1 is 1.36 bits per heavy atom. The van der Waals surface area contributed by atoms with Crippen LogP contribution in [0, 0.1) is 5.92 Å².